The molecular formula is C20H25O3. The quantitative estimate of drug-likeness (QED) is 0.639. The summed E-state index contributed by atoms with van der Waals surface area (Å²) in [6, 6.07) is 15.7. The summed E-state index contributed by atoms with van der Waals surface area (Å²) in [4.78, 5) is 0. The van der Waals surface area contributed by atoms with Crippen LogP contribution in [0.2, 0.25) is 0 Å². The third-order valence-corrected chi connectivity index (χ3v) is 3.94. The second-order valence-corrected chi connectivity index (χ2v) is 5.45. The predicted octanol–water partition coefficient (Wildman–Crippen LogP) is 4.47. The van der Waals surface area contributed by atoms with E-state index in [0.717, 1.165) is 30.6 Å². The van der Waals surface area contributed by atoms with E-state index in [-0.39, 0.29) is 0 Å². The van der Waals surface area contributed by atoms with Crippen molar-refractivity contribution < 1.29 is 14.2 Å². The van der Waals surface area contributed by atoms with Gasteiger partial charge in [0, 0.05) is 5.56 Å². The van der Waals surface area contributed by atoms with E-state index in [1.54, 1.807) is 21.3 Å². The molecule has 2 rings (SSSR count). The van der Waals surface area contributed by atoms with Gasteiger partial charge in [-0.1, -0.05) is 36.8 Å². The Morgan fingerprint density at radius 3 is 2.13 bits per heavy atom. The van der Waals surface area contributed by atoms with Crippen LogP contribution in [0, 0.1) is 6.07 Å². The van der Waals surface area contributed by atoms with E-state index in [4.69, 9.17) is 14.2 Å². The second-order valence-electron chi connectivity index (χ2n) is 5.45. The fraction of sp³-hybridized carbons (Fsp3) is 0.400. The minimum atomic E-state index is 0.646. The molecule has 3 heteroatoms. The summed E-state index contributed by atoms with van der Waals surface area (Å²) in [5.41, 5.74) is 2.45. The van der Waals surface area contributed by atoms with Crippen LogP contribution >= 0.6 is 0 Å². The number of ether oxygens (including phenoxy) is 3. The lowest BCUT2D eigenvalue weighted by Crippen LogP contribution is -1.99. The lowest BCUT2D eigenvalue weighted by atomic mass is 10.0. The highest BCUT2D eigenvalue weighted by molar-refractivity contribution is 5.55. The average molecular weight is 313 g/mol. The standard InChI is InChI=1S/C20H25O3/c1-21-18-15-14-17(19(22-2)20(18)23-3)13-9-5-8-12-16-10-6-4-7-11-16/h4,6-7,10-11,15H,5,8-9,12-13H2,1-3H3. The second kappa shape index (κ2) is 9.09. The number of hydrogen-bond donors (Lipinski definition) is 0. The minimum Gasteiger partial charge on any atom is -0.493 e. The highest BCUT2D eigenvalue weighted by Crippen LogP contribution is 2.39. The topological polar surface area (TPSA) is 27.7 Å². The Kier molecular flexibility index (Phi) is 6.79. The largest absolute Gasteiger partial charge is 0.493 e. The van der Waals surface area contributed by atoms with Gasteiger partial charge in [-0.3, -0.25) is 0 Å². The van der Waals surface area contributed by atoms with E-state index < -0.39 is 0 Å². The molecule has 0 aromatic heterocycles. The monoisotopic (exact) mass is 313 g/mol. The van der Waals surface area contributed by atoms with Crippen molar-refractivity contribution >= 4 is 0 Å². The molecule has 0 atom stereocenters. The van der Waals surface area contributed by atoms with Crippen LogP contribution in [0.25, 0.3) is 0 Å². The highest BCUT2D eigenvalue weighted by Gasteiger charge is 2.15. The van der Waals surface area contributed by atoms with Gasteiger partial charge in [-0.05, 0) is 43.4 Å². The summed E-state index contributed by atoms with van der Waals surface area (Å²) in [5, 5.41) is 0. The van der Waals surface area contributed by atoms with Crippen molar-refractivity contribution in [2.45, 2.75) is 32.1 Å². The van der Waals surface area contributed by atoms with Gasteiger partial charge in [0.15, 0.2) is 11.5 Å². The van der Waals surface area contributed by atoms with Crippen molar-refractivity contribution in [2.24, 2.45) is 0 Å². The highest BCUT2D eigenvalue weighted by atomic mass is 16.5. The van der Waals surface area contributed by atoms with Crippen molar-refractivity contribution in [3.63, 3.8) is 0 Å². The molecule has 0 heterocycles. The first-order chi connectivity index (χ1) is 11.3. The SMILES string of the molecule is COc1c[c]c(CCCCCc2ccccc2)c(OC)c1OC. The van der Waals surface area contributed by atoms with Gasteiger partial charge in [0.05, 0.1) is 21.3 Å². The Balaban J connectivity index is 1.88. The molecule has 3 nitrogen and oxygen atoms in total. The molecule has 0 aliphatic rings. The number of benzene rings is 2. The van der Waals surface area contributed by atoms with Crippen molar-refractivity contribution in [2.75, 3.05) is 21.3 Å². The predicted molar refractivity (Wildman–Crippen MR) is 92.6 cm³/mol. The molecule has 23 heavy (non-hydrogen) atoms. The van der Waals surface area contributed by atoms with Crippen molar-refractivity contribution in [1.29, 1.82) is 0 Å². The lowest BCUT2D eigenvalue weighted by Gasteiger charge is -2.15. The zero-order chi connectivity index (χ0) is 16.5. The molecule has 0 N–H and O–H groups in total. The number of unbranched alkanes of at least 4 members (excludes halogenated alkanes) is 2. The van der Waals surface area contributed by atoms with E-state index in [1.807, 2.05) is 6.07 Å². The third-order valence-electron chi connectivity index (χ3n) is 3.94. The first-order valence-electron chi connectivity index (χ1n) is 8.03. The molecule has 0 saturated carbocycles. The maximum absolute atomic E-state index is 5.50. The molecule has 0 bridgehead atoms. The molecule has 2 aromatic rings. The molecule has 0 aliphatic heterocycles. The van der Waals surface area contributed by atoms with Crippen LogP contribution < -0.4 is 14.2 Å². The normalized spacial score (nSPS) is 10.4. The summed E-state index contributed by atoms with van der Waals surface area (Å²) < 4.78 is 16.2. The Bertz CT molecular complexity index is 593. The molecule has 0 unspecified atom stereocenters. The fourth-order valence-electron chi connectivity index (χ4n) is 2.73. The average Bonchev–Trinajstić information content (AvgIpc) is 2.61. The van der Waals surface area contributed by atoms with Gasteiger partial charge in [-0.25, -0.2) is 0 Å². The molecule has 1 radical (unpaired) electrons. The smallest absolute Gasteiger partial charge is 0.203 e. The van der Waals surface area contributed by atoms with Crippen LogP contribution in [0.1, 0.15) is 30.4 Å². The van der Waals surface area contributed by atoms with Gasteiger partial charge in [-0.15, -0.1) is 0 Å². The summed E-state index contributed by atoms with van der Waals surface area (Å²) in [5.74, 6) is 2.03. The molecule has 2 aromatic carbocycles. The van der Waals surface area contributed by atoms with Crippen LogP contribution in [0.3, 0.4) is 0 Å². The van der Waals surface area contributed by atoms with Gasteiger partial charge in [0.2, 0.25) is 5.75 Å². The number of aryl methyl sites for hydroxylation is 2. The van der Waals surface area contributed by atoms with Gasteiger partial charge in [0.1, 0.15) is 0 Å². The Labute approximate surface area is 139 Å². The lowest BCUT2D eigenvalue weighted by molar-refractivity contribution is 0.322. The van der Waals surface area contributed by atoms with E-state index in [1.165, 1.54) is 18.4 Å². The maximum atomic E-state index is 5.50. The summed E-state index contributed by atoms with van der Waals surface area (Å²) in [7, 11) is 4.91. The van der Waals surface area contributed by atoms with E-state index in [2.05, 4.69) is 36.4 Å². The van der Waals surface area contributed by atoms with Crippen LogP contribution in [-0.2, 0) is 12.8 Å². The first kappa shape index (κ1) is 17.2. The van der Waals surface area contributed by atoms with Crippen molar-refractivity contribution in [3.05, 3.63) is 53.6 Å². The van der Waals surface area contributed by atoms with Crippen LogP contribution in [0.5, 0.6) is 17.2 Å². The third kappa shape index (κ3) is 4.65. The van der Waals surface area contributed by atoms with Crippen molar-refractivity contribution in [1.82, 2.24) is 0 Å². The van der Waals surface area contributed by atoms with E-state index >= 15 is 0 Å². The zero-order valence-corrected chi connectivity index (χ0v) is 14.2. The molecule has 123 valence electrons. The Hall–Kier alpha value is -2.16. The van der Waals surface area contributed by atoms with Crippen LogP contribution in [0.4, 0.5) is 0 Å². The molecule has 0 saturated heterocycles. The Morgan fingerprint density at radius 2 is 1.48 bits per heavy atom. The van der Waals surface area contributed by atoms with E-state index in [9.17, 15) is 0 Å². The Morgan fingerprint density at radius 1 is 0.783 bits per heavy atom. The number of hydrogen-bond acceptors (Lipinski definition) is 3. The number of rotatable bonds is 9. The summed E-state index contributed by atoms with van der Waals surface area (Å²) in [6.45, 7) is 0. The summed E-state index contributed by atoms with van der Waals surface area (Å²) in [6.07, 6.45) is 5.54. The zero-order valence-electron chi connectivity index (χ0n) is 14.2. The van der Waals surface area contributed by atoms with Gasteiger partial charge < -0.3 is 14.2 Å². The van der Waals surface area contributed by atoms with E-state index in [0.29, 0.717) is 11.5 Å². The molecule has 0 spiro atoms. The first-order valence-corrected chi connectivity index (χ1v) is 8.03. The van der Waals surface area contributed by atoms with Crippen molar-refractivity contribution in [3.8, 4) is 17.2 Å². The van der Waals surface area contributed by atoms with Gasteiger partial charge in [0.25, 0.3) is 0 Å². The molecule has 0 aliphatic carbocycles. The fourth-order valence-corrected chi connectivity index (χ4v) is 2.73. The van der Waals surface area contributed by atoms with Crippen LogP contribution in [0.15, 0.2) is 36.4 Å². The van der Waals surface area contributed by atoms with Gasteiger partial charge in [-0.2, -0.15) is 0 Å². The molecule has 0 fully saturated rings. The maximum Gasteiger partial charge on any atom is 0.203 e. The number of methoxy groups -OCH3 is 3. The summed E-state index contributed by atoms with van der Waals surface area (Å²) >= 11 is 0. The minimum absolute atomic E-state index is 0.646. The molecular weight excluding hydrogens is 288 g/mol. The van der Waals surface area contributed by atoms with Gasteiger partial charge >= 0.3 is 0 Å². The van der Waals surface area contributed by atoms with Crippen LogP contribution in [-0.4, -0.2) is 21.3 Å². The molecule has 0 amide bonds.